The Hall–Kier alpha value is -2.27. The molecule has 104 valence electrons. The summed E-state index contributed by atoms with van der Waals surface area (Å²) in [7, 11) is 1.52. The van der Waals surface area contributed by atoms with Crippen molar-refractivity contribution in [2.24, 2.45) is 5.73 Å². The fraction of sp³-hybridized carbons (Fsp3) is 0.133. The minimum Gasteiger partial charge on any atom is -0.504 e. The lowest BCUT2D eigenvalue weighted by atomic mass is 10.1. The van der Waals surface area contributed by atoms with Crippen molar-refractivity contribution in [3.05, 3.63) is 54.1 Å². The number of ether oxygens (including phenoxy) is 1. The fourth-order valence-corrected chi connectivity index (χ4v) is 2.08. The maximum atomic E-state index is 9.61. The number of anilines is 1. The summed E-state index contributed by atoms with van der Waals surface area (Å²) in [6.45, 7) is 0.510. The smallest absolute Gasteiger partial charge is 0.171 e. The molecule has 4 nitrogen and oxygen atoms in total. The zero-order valence-corrected chi connectivity index (χ0v) is 11.9. The summed E-state index contributed by atoms with van der Waals surface area (Å²) < 4.78 is 5.10. The van der Waals surface area contributed by atoms with Crippen LogP contribution in [-0.4, -0.2) is 17.3 Å². The van der Waals surface area contributed by atoms with Crippen LogP contribution in [0.3, 0.4) is 0 Å². The zero-order chi connectivity index (χ0) is 14.5. The molecule has 0 heterocycles. The van der Waals surface area contributed by atoms with Crippen LogP contribution in [0.2, 0.25) is 0 Å². The topological polar surface area (TPSA) is 58.7 Å². The van der Waals surface area contributed by atoms with E-state index in [1.54, 1.807) is 12.1 Å². The molecule has 0 saturated heterocycles. The van der Waals surface area contributed by atoms with Crippen LogP contribution in [-0.2, 0) is 6.54 Å². The van der Waals surface area contributed by atoms with E-state index in [-0.39, 0.29) is 5.75 Å². The summed E-state index contributed by atoms with van der Waals surface area (Å²) in [5, 5.41) is 9.90. The first-order valence-corrected chi connectivity index (χ1v) is 6.50. The van der Waals surface area contributed by atoms with Gasteiger partial charge in [0.15, 0.2) is 16.6 Å². The van der Waals surface area contributed by atoms with E-state index in [0.29, 0.717) is 17.4 Å². The Bertz CT molecular complexity index is 602. The van der Waals surface area contributed by atoms with Crippen molar-refractivity contribution < 1.29 is 9.84 Å². The summed E-state index contributed by atoms with van der Waals surface area (Å²) in [6.07, 6.45) is 0. The highest BCUT2D eigenvalue weighted by atomic mass is 32.1. The lowest BCUT2D eigenvalue weighted by Gasteiger charge is -2.23. The molecule has 0 aliphatic carbocycles. The molecule has 0 unspecified atom stereocenters. The van der Waals surface area contributed by atoms with E-state index in [1.807, 2.05) is 41.3 Å². The maximum Gasteiger partial charge on any atom is 0.171 e. The van der Waals surface area contributed by atoms with Gasteiger partial charge in [-0.05, 0) is 42.0 Å². The molecule has 0 aromatic heterocycles. The number of thiocarbonyl (C=S) groups is 1. The number of phenols is 1. The van der Waals surface area contributed by atoms with Crippen molar-refractivity contribution in [3.8, 4) is 11.5 Å². The van der Waals surface area contributed by atoms with E-state index in [2.05, 4.69) is 0 Å². The Morgan fingerprint density at radius 1 is 1.25 bits per heavy atom. The van der Waals surface area contributed by atoms with Gasteiger partial charge in [0, 0.05) is 5.69 Å². The Kier molecular flexibility index (Phi) is 4.42. The number of benzene rings is 2. The van der Waals surface area contributed by atoms with Crippen LogP contribution in [0.5, 0.6) is 11.5 Å². The average Bonchev–Trinajstić information content (AvgIpc) is 2.47. The molecular formula is C15H16N2O2S. The van der Waals surface area contributed by atoms with Gasteiger partial charge in [0.1, 0.15) is 0 Å². The first-order valence-electron chi connectivity index (χ1n) is 6.09. The minimum atomic E-state index is 0.109. The molecule has 0 saturated carbocycles. The van der Waals surface area contributed by atoms with Crippen molar-refractivity contribution >= 4 is 23.0 Å². The van der Waals surface area contributed by atoms with Crippen molar-refractivity contribution in [1.82, 2.24) is 0 Å². The van der Waals surface area contributed by atoms with Crippen LogP contribution < -0.4 is 15.4 Å². The Labute approximate surface area is 123 Å². The number of para-hydroxylation sites is 1. The molecule has 2 aromatic carbocycles. The molecule has 0 radical (unpaired) electrons. The molecular weight excluding hydrogens is 272 g/mol. The van der Waals surface area contributed by atoms with Crippen LogP contribution in [0.4, 0.5) is 5.69 Å². The second kappa shape index (κ2) is 6.25. The third kappa shape index (κ3) is 3.19. The zero-order valence-electron chi connectivity index (χ0n) is 11.1. The number of methoxy groups -OCH3 is 1. The quantitative estimate of drug-likeness (QED) is 0.847. The van der Waals surface area contributed by atoms with Gasteiger partial charge in [0.05, 0.1) is 13.7 Å². The third-order valence-corrected chi connectivity index (χ3v) is 3.14. The molecule has 0 fully saturated rings. The largest absolute Gasteiger partial charge is 0.504 e. The van der Waals surface area contributed by atoms with Crippen LogP contribution >= 0.6 is 12.2 Å². The summed E-state index contributed by atoms with van der Waals surface area (Å²) >= 11 is 5.11. The molecule has 0 spiro atoms. The van der Waals surface area contributed by atoms with Gasteiger partial charge in [0.25, 0.3) is 0 Å². The maximum absolute atomic E-state index is 9.61. The number of hydrogen-bond donors (Lipinski definition) is 2. The summed E-state index contributed by atoms with van der Waals surface area (Å²) in [5.74, 6) is 0.538. The van der Waals surface area contributed by atoms with Crippen molar-refractivity contribution in [1.29, 1.82) is 0 Å². The molecule has 5 heteroatoms. The first-order chi connectivity index (χ1) is 9.61. The van der Waals surface area contributed by atoms with Crippen molar-refractivity contribution in [2.75, 3.05) is 12.0 Å². The SMILES string of the molecule is COc1cc(CN(C(N)=S)c2ccccc2)ccc1O. The number of phenolic OH excluding ortho intramolecular Hbond substituents is 1. The van der Waals surface area contributed by atoms with Crippen molar-refractivity contribution in [3.63, 3.8) is 0 Å². The predicted octanol–water partition coefficient (Wildman–Crippen LogP) is 2.65. The van der Waals surface area contributed by atoms with Crippen molar-refractivity contribution in [2.45, 2.75) is 6.54 Å². The molecule has 0 bridgehead atoms. The second-order valence-corrected chi connectivity index (χ2v) is 4.68. The van der Waals surface area contributed by atoms with Gasteiger partial charge in [-0.25, -0.2) is 0 Å². The minimum absolute atomic E-state index is 0.109. The lowest BCUT2D eigenvalue weighted by Crippen LogP contribution is -2.34. The molecule has 2 rings (SSSR count). The summed E-state index contributed by atoms with van der Waals surface area (Å²) in [5.41, 5.74) is 7.66. The van der Waals surface area contributed by atoms with Crippen LogP contribution in [0.25, 0.3) is 0 Å². The van der Waals surface area contributed by atoms with Gasteiger partial charge < -0.3 is 20.5 Å². The number of rotatable bonds is 4. The molecule has 20 heavy (non-hydrogen) atoms. The molecule has 0 aliphatic rings. The van der Waals surface area contributed by atoms with Gasteiger partial charge >= 0.3 is 0 Å². The first kappa shape index (κ1) is 14.1. The molecule has 0 amide bonds. The second-order valence-electron chi connectivity index (χ2n) is 4.27. The van der Waals surface area contributed by atoms with E-state index >= 15 is 0 Å². The Morgan fingerprint density at radius 3 is 2.55 bits per heavy atom. The monoisotopic (exact) mass is 288 g/mol. The standard InChI is InChI=1S/C15H16N2O2S/c1-19-14-9-11(7-8-13(14)18)10-17(15(16)20)12-5-3-2-4-6-12/h2-9,18H,10H2,1H3,(H2,16,20). The van der Waals surface area contributed by atoms with Crippen LogP contribution in [0.15, 0.2) is 48.5 Å². The molecule has 0 atom stereocenters. The Balaban J connectivity index is 2.27. The lowest BCUT2D eigenvalue weighted by molar-refractivity contribution is 0.373. The molecule has 0 aliphatic heterocycles. The number of nitrogens with zero attached hydrogens (tertiary/aromatic N) is 1. The number of aromatic hydroxyl groups is 1. The average molecular weight is 288 g/mol. The van der Waals surface area contributed by atoms with Gasteiger partial charge in [-0.1, -0.05) is 24.3 Å². The van der Waals surface area contributed by atoms with E-state index in [4.69, 9.17) is 22.7 Å². The van der Waals surface area contributed by atoms with E-state index in [9.17, 15) is 5.11 Å². The van der Waals surface area contributed by atoms with E-state index < -0.39 is 0 Å². The molecule has 2 aromatic rings. The number of hydrogen-bond acceptors (Lipinski definition) is 3. The summed E-state index contributed by atoms with van der Waals surface area (Å²) in [6, 6.07) is 14.8. The fourth-order valence-electron chi connectivity index (χ4n) is 1.91. The van der Waals surface area contributed by atoms with Crippen LogP contribution in [0, 0.1) is 0 Å². The third-order valence-electron chi connectivity index (χ3n) is 2.92. The number of nitrogens with two attached hydrogens (primary N) is 1. The predicted molar refractivity (Wildman–Crippen MR) is 84.1 cm³/mol. The molecule has 3 N–H and O–H groups in total. The highest BCUT2D eigenvalue weighted by Crippen LogP contribution is 2.27. The van der Waals surface area contributed by atoms with E-state index in [0.717, 1.165) is 11.3 Å². The van der Waals surface area contributed by atoms with Gasteiger partial charge in [-0.15, -0.1) is 0 Å². The van der Waals surface area contributed by atoms with Gasteiger partial charge in [-0.3, -0.25) is 0 Å². The van der Waals surface area contributed by atoms with Gasteiger partial charge in [0.2, 0.25) is 0 Å². The summed E-state index contributed by atoms with van der Waals surface area (Å²) in [4.78, 5) is 1.82. The van der Waals surface area contributed by atoms with E-state index in [1.165, 1.54) is 7.11 Å². The highest BCUT2D eigenvalue weighted by Gasteiger charge is 2.11. The Morgan fingerprint density at radius 2 is 1.95 bits per heavy atom. The van der Waals surface area contributed by atoms with Crippen LogP contribution in [0.1, 0.15) is 5.56 Å². The highest BCUT2D eigenvalue weighted by molar-refractivity contribution is 7.80. The van der Waals surface area contributed by atoms with Gasteiger partial charge in [-0.2, -0.15) is 0 Å². The normalized spacial score (nSPS) is 10.1.